The van der Waals surface area contributed by atoms with E-state index < -0.39 is 23.5 Å². The number of nitrogens with zero attached hydrogens (tertiary/aromatic N) is 4. The molecule has 1 aromatic heterocycles. The van der Waals surface area contributed by atoms with Crippen LogP contribution in [0.15, 0.2) is 12.4 Å². The van der Waals surface area contributed by atoms with Crippen molar-refractivity contribution in [3.05, 3.63) is 40.8 Å². The largest absolute Gasteiger partial charge is 1.00 e. The van der Waals surface area contributed by atoms with E-state index >= 15 is 0 Å². The third-order valence-corrected chi connectivity index (χ3v) is 1.38. The molecule has 0 amide bonds. The Bertz CT molecular complexity index is 448. The van der Waals surface area contributed by atoms with Crippen LogP contribution >= 0.6 is 0 Å². The molecular weight excluding hydrogens is 278 g/mol. The molecule has 19 heavy (non-hydrogen) atoms. The standard InChI is InChI=1S/C8H6F3N2O2.HN3.Na/c1-2-15-7(14)5-6(8(9,10)11)13-4-3-12-5;1-3-2;/h2-4H,1H3;1H;/q-1;;+1. The third kappa shape index (κ3) is 6.97. The molecule has 0 aliphatic heterocycles. The van der Waals surface area contributed by atoms with E-state index in [1.54, 1.807) is 4.91 Å². The minimum atomic E-state index is -4.73. The average molecular weight is 285 g/mol. The van der Waals surface area contributed by atoms with Gasteiger partial charge in [-0.15, -0.1) is 5.53 Å². The van der Waals surface area contributed by atoms with Crippen LogP contribution in [0.25, 0.3) is 10.4 Å². The van der Waals surface area contributed by atoms with Gasteiger partial charge in [0, 0.05) is 12.4 Å². The summed E-state index contributed by atoms with van der Waals surface area (Å²) >= 11 is 0. The summed E-state index contributed by atoms with van der Waals surface area (Å²) in [6, 6.07) is 0. The predicted molar refractivity (Wildman–Crippen MR) is 51.9 cm³/mol. The number of hydrogen-bond donors (Lipinski definition) is 1. The van der Waals surface area contributed by atoms with Gasteiger partial charge in [-0.25, -0.2) is 14.8 Å². The zero-order valence-corrected chi connectivity index (χ0v) is 12.0. The fraction of sp³-hybridized carbons (Fsp3) is 0.250. The molecule has 1 rings (SSSR count). The molecule has 0 bridgehead atoms. The fourth-order valence-electron chi connectivity index (χ4n) is 0.858. The molecule has 0 unspecified atom stereocenters. The first-order valence-corrected chi connectivity index (χ1v) is 4.26. The van der Waals surface area contributed by atoms with Crippen molar-refractivity contribution in [2.45, 2.75) is 13.1 Å². The van der Waals surface area contributed by atoms with Gasteiger partial charge < -0.3 is 4.74 Å². The molecule has 0 aliphatic carbocycles. The molecule has 1 heterocycles. The Morgan fingerprint density at radius 3 is 2.37 bits per heavy atom. The maximum Gasteiger partial charge on any atom is 1.00 e. The second kappa shape index (κ2) is 9.56. The molecule has 7 nitrogen and oxygen atoms in total. The third-order valence-electron chi connectivity index (χ3n) is 1.38. The molecule has 0 aromatic carbocycles. The molecule has 0 fully saturated rings. The number of carbonyl (C=O) groups is 1. The van der Waals surface area contributed by atoms with Crippen molar-refractivity contribution >= 4 is 5.97 Å². The first-order chi connectivity index (χ1) is 8.38. The van der Waals surface area contributed by atoms with Gasteiger partial charge in [-0.3, -0.25) is 0 Å². The predicted octanol–water partition coefficient (Wildman–Crippen LogP) is -0.287. The van der Waals surface area contributed by atoms with Gasteiger partial charge in [0.2, 0.25) is 0 Å². The van der Waals surface area contributed by atoms with E-state index in [1.807, 2.05) is 0 Å². The monoisotopic (exact) mass is 285 g/mol. The molecule has 0 atom stereocenters. The normalized spacial score (nSPS) is 9.26. The first kappa shape index (κ1) is 20.0. The molecular formula is C8H7F3N5NaO2. The van der Waals surface area contributed by atoms with E-state index in [0.717, 1.165) is 19.0 Å². The van der Waals surface area contributed by atoms with Crippen LogP contribution in [0.5, 0.6) is 0 Å². The van der Waals surface area contributed by atoms with E-state index in [-0.39, 0.29) is 29.6 Å². The SMILES string of the molecule is C[CH-]OC(=O)c1nccnc1C(F)(F)F.[N-]=[N+]=N.[Na+]. The molecule has 0 saturated carbocycles. The van der Waals surface area contributed by atoms with Crippen molar-refractivity contribution in [3.63, 3.8) is 0 Å². The second-order valence-electron chi connectivity index (χ2n) is 2.49. The van der Waals surface area contributed by atoms with Crippen LogP contribution in [0.4, 0.5) is 13.2 Å². The topological polar surface area (TPSA) is 112 Å². The molecule has 0 aliphatic rings. The van der Waals surface area contributed by atoms with E-state index in [2.05, 4.69) is 14.7 Å². The van der Waals surface area contributed by atoms with Crippen molar-refractivity contribution in [2.75, 3.05) is 0 Å². The van der Waals surface area contributed by atoms with Crippen LogP contribution < -0.4 is 29.6 Å². The Balaban J connectivity index is 0. The van der Waals surface area contributed by atoms with Gasteiger partial charge in [-0.1, -0.05) is 0 Å². The number of aromatic nitrogens is 2. The maximum absolute atomic E-state index is 12.3. The van der Waals surface area contributed by atoms with E-state index in [0.29, 0.717) is 0 Å². The Kier molecular flexibility index (Phi) is 10.1. The Morgan fingerprint density at radius 1 is 1.47 bits per heavy atom. The number of nitrogens with one attached hydrogen (secondary N) is 1. The summed E-state index contributed by atoms with van der Waals surface area (Å²) in [7, 11) is 0. The zero-order valence-electron chi connectivity index (χ0n) is 9.97. The number of alkyl halides is 3. The van der Waals surface area contributed by atoms with Crippen LogP contribution in [-0.4, -0.2) is 15.9 Å². The molecule has 0 radical (unpaired) electrons. The van der Waals surface area contributed by atoms with Crippen molar-refractivity contribution in [1.82, 2.24) is 9.97 Å². The summed E-state index contributed by atoms with van der Waals surface area (Å²) in [5.74, 6) is -1.18. The Morgan fingerprint density at radius 2 is 1.95 bits per heavy atom. The summed E-state index contributed by atoms with van der Waals surface area (Å²) in [5.41, 5.74) is 10.1. The van der Waals surface area contributed by atoms with E-state index in [1.165, 1.54) is 6.92 Å². The van der Waals surface area contributed by atoms with Crippen molar-refractivity contribution in [1.29, 1.82) is 5.53 Å². The number of halogens is 3. The Labute approximate surface area is 127 Å². The number of hydrogen-bond acceptors (Lipinski definition) is 5. The summed E-state index contributed by atoms with van der Waals surface area (Å²) in [4.78, 5) is 19.1. The Hall–Kier alpha value is -1.35. The summed E-state index contributed by atoms with van der Waals surface area (Å²) < 4.78 is 41.3. The molecule has 1 N–H and O–H groups in total. The molecule has 1 aromatic rings. The summed E-state index contributed by atoms with van der Waals surface area (Å²) in [6.07, 6.45) is -2.88. The van der Waals surface area contributed by atoms with Crippen molar-refractivity contribution in [2.24, 2.45) is 0 Å². The fourth-order valence-corrected chi connectivity index (χ4v) is 0.858. The van der Waals surface area contributed by atoms with Gasteiger partial charge in [0.25, 0.3) is 0 Å². The smallest absolute Gasteiger partial charge is 0.633 e. The average Bonchev–Trinajstić information content (AvgIpc) is 2.29. The zero-order chi connectivity index (χ0) is 14.2. The molecule has 11 heteroatoms. The van der Waals surface area contributed by atoms with Gasteiger partial charge >= 0.3 is 41.7 Å². The minimum absolute atomic E-state index is 0. The second-order valence-corrected chi connectivity index (χ2v) is 2.49. The van der Waals surface area contributed by atoms with Gasteiger partial charge in [-0.05, 0) is 10.4 Å². The van der Waals surface area contributed by atoms with Crippen molar-refractivity contribution in [3.8, 4) is 0 Å². The first-order valence-electron chi connectivity index (χ1n) is 4.26. The van der Waals surface area contributed by atoms with Gasteiger partial charge in [0.15, 0.2) is 11.4 Å². The molecule has 0 spiro atoms. The summed E-state index contributed by atoms with van der Waals surface area (Å²) in [6.45, 7) is 2.33. The number of carbonyl (C=O) groups excluding carboxylic acids is 1. The van der Waals surface area contributed by atoms with Crippen LogP contribution in [0.2, 0.25) is 0 Å². The van der Waals surface area contributed by atoms with Gasteiger partial charge in [0.05, 0.1) is 0 Å². The van der Waals surface area contributed by atoms with Crippen LogP contribution in [-0.2, 0) is 10.9 Å². The van der Waals surface area contributed by atoms with Crippen LogP contribution in [0, 0.1) is 12.1 Å². The van der Waals surface area contributed by atoms with Crippen LogP contribution in [0.3, 0.4) is 0 Å². The maximum atomic E-state index is 12.3. The van der Waals surface area contributed by atoms with E-state index in [9.17, 15) is 18.0 Å². The van der Waals surface area contributed by atoms with E-state index in [4.69, 9.17) is 11.1 Å². The molecule has 98 valence electrons. The molecule has 0 saturated heterocycles. The van der Waals surface area contributed by atoms with Gasteiger partial charge in [0.1, 0.15) is 0 Å². The minimum Gasteiger partial charge on any atom is -0.633 e. The van der Waals surface area contributed by atoms with Crippen LogP contribution in [0.1, 0.15) is 23.1 Å². The van der Waals surface area contributed by atoms with Crippen molar-refractivity contribution < 1.29 is 52.3 Å². The quantitative estimate of drug-likeness (QED) is 0.201. The number of rotatable bonds is 2. The number of ether oxygens (including phenoxy) is 1. The van der Waals surface area contributed by atoms with Gasteiger partial charge in [-0.2, -0.15) is 26.7 Å². The number of esters is 1. The summed E-state index contributed by atoms with van der Waals surface area (Å²) in [5, 5.41) is 0.